The number of carbonyl (C=O) groups is 2. The molecule has 0 aliphatic carbocycles. The molecule has 1 aromatic carbocycles. The van der Waals surface area contributed by atoms with Crippen LogP contribution in [0.2, 0.25) is 10.0 Å². The Labute approximate surface area is 144 Å². The first-order chi connectivity index (χ1) is 10.9. The Balaban J connectivity index is 1.95. The zero-order chi connectivity index (χ0) is 16.8. The van der Waals surface area contributed by atoms with Crippen LogP contribution in [0, 0.1) is 5.92 Å². The normalized spacial score (nSPS) is 16.8. The predicted molar refractivity (Wildman–Crippen MR) is 87.9 cm³/mol. The van der Waals surface area contributed by atoms with Crippen LogP contribution in [0.1, 0.15) is 24.8 Å². The Morgan fingerprint density at radius 1 is 1.22 bits per heavy atom. The summed E-state index contributed by atoms with van der Waals surface area (Å²) in [7, 11) is 0. The lowest BCUT2D eigenvalue weighted by atomic mass is 9.96. The second-order valence-electron chi connectivity index (χ2n) is 5.70. The van der Waals surface area contributed by atoms with Gasteiger partial charge in [-0.05, 0) is 42.5 Å². The zero-order valence-electron chi connectivity index (χ0n) is 12.6. The van der Waals surface area contributed by atoms with Crippen LogP contribution in [0.3, 0.4) is 0 Å². The van der Waals surface area contributed by atoms with Crippen molar-refractivity contribution in [1.82, 2.24) is 5.32 Å². The van der Waals surface area contributed by atoms with Gasteiger partial charge >= 0.3 is 5.97 Å². The number of aliphatic carboxylic acids is 1. The van der Waals surface area contributed by atoms with Gasteiger partial charge in [-0.25, -0.2) is 4.79 Å². The lowest BCUT2D eigenvalue weighted by molar-refractivity contribution is -0.142. The monoisotopic (exact) mass is 359 g/mol. The predicted octanol–water partition coefficient (Wildman–Crippen LogP) is 2.92. The van der Waals surface area contributed by atoms with Crippen LogP contribution in [-0.4, -0.2) is 36.2 Å². The smallest absolute Gasteiger partial charge is 0.326 e. The van der Waals surface area contributed by atoms with E-state index < -0.39 is 12.0 Å². The number of amides is 1. The number of carboxylic acids is 1. The number of hydrogen-bond acceptors (Lipinski definition) is 3. The molecule has 2 N–H and O–H groups in total. The highest BCUT2D eigenvalue weighted by Crippen LogP contribution is 2.21. The Kier molecular flexibility index (Phi) is 6.69. The van der Waals surface area contributed by atoms with Gasteiger partial charge in [0.15, 0.2) is 0 Å². The first kappa shape index (κ1) is 18.0. The van der Waals surface area contributed by atoms with E-state index in [2.05, 4.69) is 5.32 Å². The van der Waals surface area contributed by atoms with E-state index in [1.165, 1.54) is 0 Å². The SMILES string of the molecule is O=C(CC1CCOCC1)NC(Cc1cc(Cl)cc(Cl)c1)C(=O)O. The molecule has 1 amide bonds. The van der Waals surface area contributed by atoms with E-state index in [9.17, 15) is 14.7 Å². The summed E-state index contributed by atoms with van der Waals surface area (Å²) < 4.78 is 5.25. The van der Waals surface area contributed by atoms with E-state index in [4.69, 9.17) is 27.9 Å². The number of carboxylic acid groups (broad SMARTS) is 1. The van der Waals surface area contributed by atoms with Crippen LogP contribution in [0.5, 0.6) is 0 Å². The first-order valence-corrected chi connectivity index (χ1v) is 8.24. The molecule has 1 unspecified atom stereocenters. The van der Waals surface area contributed by atoms with Crippen molar-refractivity contribution < 1.29 is 19.4 Å². The maximum Gasteiger partial charge on any atom is 0.326 e. The van der Waals surface area contributed by atoms with Crippen LogP contribution in [0.15, 0.2) is 18.2 Å². The van der Waals surface area contributed by atoms with Gasteiger partial charge in [-0.1, -0.05) is 23.2 Å². The quantitative estimate of drug-likeness (QED) is 0.818. The highest BCUT2D eigenvalue weighted by molar-refractivity contribution is 6.34. The number of benzene rings is 1. The van der Waals surface area contributed by atoms with E-state index >= 15 is 0 Å². The van der Waals surface area contributed by atoms with Gasteiger partial charge in [0.2, 0.25) is 5.91 Å². The molecule has 1 aromatic rings. The van der Waals surface area contributed by atoms with Crippen LogP contribution in [0.25, 0.3) is 0 Å². The van der Waals surface area contributed by atoms with E-state index in [1.807, 2.05) is 0 Å². The third-order valence-corrected chi connectivity index (χ3v) is 4.25. The van der Waals surface area contributed by atoms with E-state index in [0.717, 1.165) is 12.8 Å². The van der Waals surface area contributed by atoms with Crippen LogP contribution in [0.4, 0.5) is 0 Å². The molecule has 5 nitrogen and oxygen atoms in total. The minimum atomic E-state index is -1.08. The van der Waals surface area contributed by atoms with Gasteiger partial charge in [0.25, 0.3) is 0 Å². The standard InChI is InChI=1S/C16H19Cl2NO4/c17-12-5-11(6-13(18)9-12)7-14(16(21)22)19-15(20)8-10-1-3-23-4-2-10/h5-6,9-10,14H,1-4,7-8H2,(H,19,20)(H,21,22). The molecule has 0 bridgehead atoms. The molecule has 1 aliphatic rings. The summed E-state index contributed by atoms with van der Waals surface area (Å²) in [6, 6.07) is 3.87. The van der Waals surface area contributed by atoms with Crippen molar-refractivity contribution in [2.75, 3.05) is 13.2 Å². The van der Waals surface area contributed by atoms with Crippen molar-refractivity contribution in [2.24, 2.45) is 5.92 Å². The van der Waals surface area contributed by atoms with Crippen molar-refractivity contribution in [3.05, 3.63) is 33.8 Å². The van der Waals surface area contributed by atoms with Gasteiger partial charge in [-0.3, -0.25) is 4.79 Å². The summed E-state index contributed by atoms with van der Waals surface area (Å²) in [5.74, 6) is -1.09. The molecule has 7 heteroatoms. The number of hydrogen-bond donors (Lipinski definition) is 2. The third kappa shape index (κ3) is 6.01. The molecule has 0 radical (unpaired) electrons. The fraction of sp³-hybridized carbons (Fsp3) is 0.500. The fourth-order valence-electron chi connectivity index (χ4n) is 2.63. The summed E-state index contributed by atoms with van der Waals surface area (Å²) in [4.78, 5) is 23.5. The highest BCUT2D eigenvalue weighted by Gasteiger charge is 2.23. The molecule has 1 atom stereocenters. The topological polar surface area (TPSA) is 75.6 Å². The minimum absolute atomic E-state index is 0.134. The average molecular weight is 360 g/mol. The van der Waals surface area contributed by atoms with E-state index in [1.54, 1.807) is 18.2 Å². The average Bonchev–Trinajstić information content (AvgIpc) is 2.46. The van der Waals surface area contributed by atoms with Crippen LogP contribution < -0.4 is 5.32 Å². The van der Waals surface area contributed by atoms with Gasteiger partial charge in [0.05, 0.1) is 0 Å². The number of ether oxygens (including phenoxy) is 1. The van der Waals surface area contributed by atoms with Gasteiger partial charge in [0.1, 0.15) is 6.04 Å². The summed E-state index contributed by atoms with van der Waals surface area (Å²) >= 11 is 11.8. The largest absolute Gasteiger partial charge is 0.480 e. The summed E-state index contributed by atoms with van der Waals surface area (Å²) in [6.07, 6.45) is 2.11. The Hall–Kier alpha value is -1.30. The first-order valence-electron chi connectivity index (χ1n) is 7.49. The van der Waals surface area contributed by atoms with Gasteiger partial charge in [-0.15, -0.1) is 0 Å². The van der Waals surface area contributed by atoms with Crippen LogP contribution in [-0.2, 0) is 20.7 Å². The van der Waals surface area contributed by atoms with E-state index in [-0.39, 0.29) is 18.2 Å². The molecule has 0 saturated carbocycles. The molecule has 1 saturated heterocycles. The number of nitrogens with one attached hydrogen (secondary N) is 1. The minimum Gasteiger partial charge on any atom is -0.480 e. The maximum atomic E-state index is 12.1. The molecular formula is C16H19Cl2NO4. The van der Waals surface area contributed by atoms with Gasteiger partial charge in [0, 0.05) is 36.1 Å². The molecule has 0 aromatic heterocycles. The Morgan fingerprint density at radius 3 is 2.39 bits per heavy atom. The Bertz CT molecular complexity index is 553. The molecule has 1 fully saturated rings. The molecule has 0 spiro atoms. The zero-order valence-corrected chi connectivity index (χ0v) is 14.1. The molecule has 126 valence electrons. The van der Waals surface area contributed by atoms with Gasteiger partial charge in [-0.2, -0.15) is 0 Å². The highest BCUT2D eigenvalue weighted by atomic mass is 35.5. The maximum absolute atomic E-state index is 12.1. The third-order valence-electron chi connectivity index (χ3n) is 3.81. The molecule has 23 heavy (non-hydrogen) atoms. The fourth-order valence-corrected chi connectivity index (χ4v) is 3.20. The molecule has 1 aliphatic heterocycles. The number of halogens is 2. The lowest BCUT2D eigenvalue weighted by Gasteiger charge is -2.22. The molecule has 1 heterocycles. The van der Waals surface area contributed by atoms with Crippen molar-refractivity contribution in [3.63, 3.8) is 0 Å². The summed E-state index contributed by atoms with van der Waals surface area (Å²) in [5, 5.41) is 12.8. The summed E-state index contributed by atoms with van der Waals surface area (Å²) in [6.45, 7) is 1.31. The van der Waals surface area contributed by atoms with Crippen molar-refractivity contribution >= 4 is 35.1 Å². The second-order valence-corrected chi connectivity index (χ2v) is 6.57. The Morgan fingerprint density at radius 2 is 1.83 bits per heavy atom. The van der Waals surface area contributed by atoms with Crippen molar-refractivity contribution in [1.29, 1.82) is 0 Å². The van der Waals surface area contributed by atoms with Gasteiger partial charge < -0.3 is 15.2 Å². The second kappa shape index (κ2) is 8.52. The van der Waals surface area contributed by atoms with E-state index in [0.29, 0.717) is 35.2 Å². The van der Waals surface area contributed by atoms with Crippen molar-refractivity contribution in [3.8, 4) is 0 Å². The van der Waals surface area contributed by atoms with Crippen molar-refractivity contribution in [2.45, 2.75) is 31.7 Å². The van der Waals surface area contributed by atoms with Crippen LogP contribution >= 0.6 is 23.2 Å². The number of rotatable bonds is 6. The molecular weight excluding hydrogens is 341 g/mol. The lowest BCUT2D eigenvalue weighted by Crippen LogP contribution is -2.43. The molecule has 2 rings (SSSR count). The summed E-state index contributed by atoms with van der Waals surface area (Å²) in [5.41, 5.74) is 0.668. The number of carbonyl (C=O) groups excluding carboxylic acids is 1.